The first-order valence-corrected chi connectivity index (χ1v) is 7.93. The van der Waals surface area contributed by atoms with Gasteiger partial charge in [0.2, 0.25) is 0 Å². The Balaban J connectivity index is 1.80. The predicted octanol–water partition coefficient (Wildman–Crippen LogP) is 4.44. The van der Waals surface area contributed by atoms with Crippen LogP contribution in [0.3, 0.4) is 0 Å². The van der Waals surface area contributed by atoms with Gasteiger partial charge < -0.3 is 10.1 Å². The molecule has 5 nitrogen and oxygen atoms in total. The van der Waals surface area contributed by atoms with Crippen LogP contribution in [0.2, 0.25) is 0 Å². The molecule has 0 saturated heterocycles. The van der Waals surface area contributed by atoms with Crippen LogP contribution >= 0.6 is 0 Å². The highest BCUT2D eigenvalue weighted by Crippen LogP contribution is 2.27. The number of hydrogen-bond acceptors (Lipinski definition) is 5. The average Bonchev–Trinajstić information content (AvgIpc) is 2.69. The highest BCUT2D eigenvalue weighted by atomic mass is 16.5. The van der Waals surface area contributed by atoms with Crippen LogP contribution in [-0.2, 0) is 0 Å². The van der Waals surface area contributed by atoms with Crippen molar-refractivity contribution in [1.29, 1.82) is 0 Å². The van der Waals surface area contributed by atoms with E-state index in [0.717, 1.165) is 33.9 Å². The van der Waals surface area contributed by atoms with E-state index in [-0.39, 0.29) is 0 Å². The number of nitrogens with one attached hydrogen (secondary N) is 1. The van der Waals surface area contributed by atoms with Gasteiger partial charge >= 0.3 is 0 Å². The van der Waals surface area contributed by atoms with Gasteiger partial charge in [-0.25, -0.2) is 9.97 Å². The van der Waals surface area contributed by atoms with E-state index in [1.165, 1.54) is 0 Å². The molecule has 0 atom stereocenters. The summed E-state index contributed by atoms with van der Waals surface area (Å²) in [6.07, 6.45) is 1.74. The summed E-state index contributed by atoms with van der Waals surface area (Å²) in [5.74, 6) is 2.15. The topological polar surface area (TPSA) is 59.9 Å². The van der Waals surface area contributed by atoms with Gasteiger partial charge in [0, 0.05) is 17.3 Å². The maximum absolute atomic E-state index is 5.20. The summed E-state index contributed by atoms with van der Waals surface area (Å²) >= 11 is 0. The van der Waals surface area contributed by atoms with Crippen LogP contribution in [-0.4, -0.2) is 22.1 Å². The van der Waals surface area contributed by atoms with Crippen LogP contribution in [0.1, 0.15) is 0 Å². The minimum absolute atomic E-state index is 0.593. The summed E-state index contributed by atoms with van der Waals surface area (Å²) in [6.45, 7) is 0. The van der Waals surface area contributed by atoms with Gasteiger partial charge in [0.15, 0.2) is 5.82 Å². The lowest BCUT2D eigenvalue weighted by Crippen LogP contribution is -2.00. The van der Waals surface area contributed by atoms with Gasteiger partial charge in [-0.15, -0.1) is 0 Å². The van der Waals surface area contributed by atoms with Crippen molar-refractivity contribution in [2.24, 2.45) is 0 Å². The Bertz CT molecular complexity index is 1000. The fourth-order valence-corrected chi connectivity index (χ4v) is 2.59. The number of benzene rings is 2. The highest BCUT2D eigenvalue weighted by molar-refractivity contribution is 5.92. The summed E-state index contributed by atoms with van der Waals surface area (Å²) < 4.78 is 5.20. The van der Waals surface area contributed by atoms with Crippen molar-refractivity contribution in [3.8, 4) is 17.3 Å². The molecule has 0 saturated carbocycles. The molecular weight excluding hydrogens is 312 g/mol. The molecule has 2 aromatic carbocycles. The Hall–Kier alpha value is -3.47. The number of nitrogens with zero attached hydrogens (tertiary/aromatic N) is 3. The third-order valence-electron chi connectivity index (χ3n) is 3.85. The van der Waals surface area contributed by atoms with Crippen molar-refractivity contribution in [3.63, 3.8) is 0 Å². The molecule has 0 unspecified atom stereocenters. The number of rotatable bonds is 4. The van der Waals surface area contributed by atoms with E-state index >= 15 is 0 Å². The summed E-state index contributed by atoms with van der Waals surface area (Å²) in [5.41, 5.74) is 2.54. The van der Waals surface area contributed by atoms with Crippen molar-refractivity contribution in [1.82, 2.24) is 15.0 Å². The molecule has 0 spiro atoms. The SMILES string of the molecule is COc1ccc(Nc2nc(-c3ccccn3)nc3ccccc23)cc1. The molecule has 2 aromatic heterocycles. The second-order valence-electron chi connectivity index (χ2n) is 5.48. The molecule has 2 heterocycles. The number of aromatic nitrogens is 3. The molecule has 5 heteroatoms. The Morgan fingerprint density at radius 1 is 0.840 bits per heavy atom. The van der Waals surface area contributed by atoms with Gasteiger partial charge in [-0.05, 0) is 48.5 Å². The van der Waals surface area contributed by atoms with E-state index in [0.29, 0.717) is 5.82 Å². The van der Waals surface area contributed by atoms with Crippen molar-refractivity contribution in [3.05, 3.63) is 72.9 Å². The third kappa shape index (κ3) is 3.12. The molecule has 4 aromatic rings. The number of para-hydroxylation sites is 1. The van der Waals surface area contributed by atoms with E-state index in [9.17, 15) is 0 Å². The summed E-state index contributed by atoms with van der Waals surface area (Å²) in [6, 6.07) is 21.4. The summed E-state index contributed by atoms with van der Waals surface area (Å²) in [7, 11) is 1.65. The lowest BCUT2D eigenvalue weighted by atomic mass is 10.2. The van der Waals surface area contributed by atoms with Gasteiger partial charge in [-0.2, -0.15) is 0 Å². The molecule has 0 radical (unpaired) electrons. The zero-order valence-electron chi connectivity index (χ0n) is 13.7. The predicted molar refractivity (Wildman–Crippen MR) is 99.0 cm³/mol. The second-order valence-corrected chi connectivity index (χ2v) is 5.48. The first-order chi connectivity index (χ1) is 12.3. The smallest absolute Gasteiger partial charge is 0.180 e. The number of fused-ring (bicyclic) bond motifs is 1. The molecule has 1 N–H and O–H groups in total. The molecule has 0 aliphatic rings. The molecule has 0 amide bonds. The number of anilines is 2. The van der Waals surface area contributed by atoms with Crippen LogP contribution in [0.15, 0.2) is 72.9 Å². The highest BCUT2D eigenvalue weighted by Gasteiger charge is 2.10. The van der Waals surface area contributed by atoms with Gasteiger partial charge in [-0.3, -0.25) is 4.98 Å². The Labute approximate surface area is 145 Å². The molecule has 0 bridgehead atoms. The van der Waals surface area contributed by atoms with Gasteiger partial charge in [0.1, 0.15) is 17.3 Å². The lowest BCUT2D eigenvalue weighted by molar-refractivity contribution is 0.415. The van der Waals surface area contributed by atoms with Crippen molar-refractivity contribution < 1.29 is 4.74 Å². The number of hydrogen-bond donors (Lipinski definition) is 1. The van der Waals surface area contributed by atoms with Gasteiger partial charge in [0.05, 0.1) is 12.6 Å². The monoisotopic (exact) mass is 328 g/mol. The fourth-order valence-electron chi connectivity index (χ4n) is 2.59. The standard InChI is InChI=1S/C20H16N4O/c1-25-15-11-9-14(10-12-15)22-19-16-6-2-3-7-17(16)23-20(24-19)18-8-4-5-13-21-18/h2-13H,1H3,(H,22,23,24). The number of methoxy groups -OCH3 is 1. The van der Waals surface area contributed by atoms with E-state index in [4.69, 9.17) is 9.72 Å². The fraction of sp³-hybridized carbons (Fsp3) is 0.0500. The van der Waals surface area contributed by atoms with Crippen LogP contribution in [0, 0.1) is 0 Å². The van der Waals surface area contributed by atoms with Crippen molar-refractivity contribution in [2.45, 2.75) is 0 Å². The summed E-state index contributed by atoms with van der Waals surface area (Å²) in [5, 5.41) is 4.33. The normalized spacial score (nSPS) is 10.6. The minimum Gasteiger partial charge on any atom is -0.497 e. The van der Waals surface area contributed by atoms with Crippen molar-refractivity contribution >= 4 is 22.4 Å². The molecule has 0 fully saturated rings. The molecular formula is C20H16N4O. The average molecular weight is 328 g/mol. The quantitative estimate of drug-likeness (QED) is 0.600. The van der Waals surface area contributed by atoms with Crippen LogP contribution in [0.5, 0.6) is 5.75 Å². The number of ether oxygens (including phenoxy) is 1. The van der Waals surface area contributed by atoms with E-state index < -0.39 is 0 Å². The lowest BCUT2D eigenvalue weighted by Gasteiger charge is -2.11. The molecule has 122 valence electrons. The second kappa shape index (κ2) is 6.57. The molecule has 0 aliphatic heterocycles. The van der Waals surface area contributed by atoms with Gasteiger partial charge in [-0.1, -0.05) is 18.2 Å². The zero-order valence-corrected chi connectivity index (χ0v) is 13.7. The largest absolute Gasteiger partial charge is 0.497 e. The Kier molecular flexibility index (Phi) is 3.96. The maximum atomic E-state index is 5.20. The van der Waals surface area contributed by atoms with Crippen LogP contribution in [0.25, 0.3) is 22.4 Å². The van der Waals surface area contributed by atoms with Crippen LogP contribution < -0.4 is 10.1 Å². The van der Waals surface area contributed by atoms with E-state index in [1.807, 2.05) is 66.7 Å². The van der Waals surface area contributed by atoms with Crippen LogP contribution in [0.4, 0.5) is 11.5 Å². The number of pyridine rings is 1. The van der Waals surface area contributed by atoms with E-state index in [1.54, 1.807) is 13.3 Å². The molecule has 4 rings (SSSR count). The van der Waals surface area contributed by atoms with Crippen molar-refractivity contribution in [2.75, 3.05) is 12.4 Å². The third-order valence-corrected chi connectivity index (χ3v) is 3.85. The zero-order chi connectivity index (χ0) is 17.1. The Morgan fingerprint density at radius 2 is 1.64 bits per heavy atom. The van der Waals surface area contributed by atoms with Gasteiger partial charge in [0.25, 0.3) is 0 Å². The first kappa shape index (κ1) is 15.1. The summed E-state index contributed by atoms with van der Waals surface area (Å²) in [4.78, 5) is 13.7. The van der Waals surface area contributed by atoms with E-state index in [2.05, 4.69) is 15.3 Å². The molecule has 25 heavy (non-hydrogen) atoms. The maximum Gasteiger partial charge on any atom is 0.180 e. The first-order valence-electron chi connectivity index (χ1n) is 7.93. The minimum atomic E-state index is 0.593. The Morgan fingerprint density at radius 3 is 2.40 bits per heavy atom. The molecule has 0 aliphatic carbocycles.